The molecule has 0 saturated carbocycles. The highest BCUT2D eigenvalue weighted by Gasteiger charge is 2.18. The minimum absolute atomic E-state index is 0.0711. The molecule has 0 fully saturated rings. The fraction of sp³-hybridized carbons (Fsp3) is 0.261. The van der Waals surface area contributed by atoms with Crippen LogP contribution in [-0.4, -0.2) is 12.5 Å². The van der Waals surface area contributed by atoms with Crippen LogP contribution < -0.4 is 10.6 Å². The lowest BCUT2D eigenvalue weighted by atomic mass is 9.97. The first-order valence-electron chi connectivity index (χ1n) is 9.39. The molecule has 140 valence electrons. The number of amides is 1. The topological polar surface area (TPSA) is 54.3 Å². The van der Waals surface area contributed by atoms with Crippen LogP contribution in [0.4, 0.5) is 5.69 Å². The van der Waals surface area contributed by atoms with Crippen molar-refractivity contribution < 1.29 is 9.21 Å². The molecule has 3 aromatic rings. The maximum Gasteiger partial charge on any atom is 0.238 e. The van der Waals surface area contributed by atoms with Gasteiger partial charge in [-0.05, 0) is 41.7 Å². The maximum absolute atomic E-state index is 12.6. The van der Waals surface area contributed by atoms with Crippen LogP contribution in [0.2, 0.25) is 0 Å². The maximum atomic E-state index is 12.6. The van der Waals surface area contributed by atoms with Crippen molar-refractivity contribution in [1.82, 2.24) is 5.32 Å². The zero-order valence-corrected chi connectivity index (χ0v) is 15.8. The Morgan fingerprint density at radius 3 is 2.44 bits per heavy atom. The molecule has 0 saturated heterocycles. The Kier molecular flexibility index (Phi) is 6.44. The number of benzene rings is 2. The zero-order valence-electron chi connectivity index (χ0n) is 15.8. The molecule has 0 unspecified atom stereocenters. The van der Waals surface area contributed by atoms with E-state index in [9.17, 15) is 4.79 Å². The Hall–Kier alpha value is -2.85. The number of hydrogen-bond acceptors (Lipinski definition) is 3. The minimum atomic E-state index is -0.170. The summed E-state index contributed by atoms with van der Waals surface area (Å²) < 4.78 is 5.57. The lowest BCUT2D eigenvalue weighted by Gasteiger charge is -2.18. The average molecular weight is 362 g/mol. The lowest BCUT2D eigenvalue weighted by molar-refractivity contribution is -0.115. The summed E-state index contributed by atoms with van der Waals surface area (Å²) in [7, 11) is 0. The van der Waals surface area contributed by atoms with Crippen molar-refractivity contribution >= 4 is 11.6 Å². The molecule has 27 heavy (non-hydrogen) atoms. The van der Waals surface area contributed by atoms with Crippen molar-refractivity contribution in [2.45, 2.75) is 32.2 Å². The second kappa shape index (κ2) is 9.19. The predicted molar refractivity (Wildman–Crippen MR) is 109 cm³/mol. The molecule has 0 aliphatic rings. The van der Waals surface area contributed by atoms with Crippen molar-refractivity contribution in [3.63, 3.8) is 0 Å². The Labute approximate surface area is 160 Å². The van der Waals surface area contributed by atoms with Crippen molar-refractivity contribution in [2.75, 3.05) is 11.9 Å². The molecule has 0 spiro atoms. The van der Waals surface area contributed by atoms with E-state index in [-0.39, 0.29) is 18.5 Å². The third kappa shape index (κ3) is 4.86. The first-order chi connectivity index (χ1) is 13.2. The average Bonchev–Trinajstić information content (AvgIpc) is 3.23. The summed E-state index contributed by atoms with van der Waals surface area (Å²) in [4.78, 5) is 12.6. The molecule has 1 amide bonds. The van der Waals surface area contributed by atoms with E-state index < -0.39 is 0 Å². The molecule has 1 heterocycles. The zero-order chi connectivity index (χ0) is 19.1. The summed E-state index contributed by atoms with van der Waals surface area (Å²) in [6.45, 7) is 4.51. The van der Waals surface area contributed by atoms with Gasteiger partial charge in [-0.3, -0.25) is 10.1 Å². The van der Waals surface area contributed by atoms with Crippen LogP contribution in [-0.2, 0) is 4.79 Å². The summed E-state index contributed by atoms with van der Waals surface area (Å²) in [5.41, 5.74) is 3.10. The first kappa shape index (κ1) is 18.9. The smallest absolute Gasteiger partial charge is 0.238 e. The van der Waals surface area contributed by atoms with E-state index in [1.165, 1.54) is 5.56 Å². The lowest BCUT2D eigenvalue weighted by Crippen LogP contribution is -2.32. The van der Waals surface area contributed by atoms with Crippen LogP contribution in [0.15, 0.2) is 77.4 Å². The van der Waals surface area contributed by atoms with Gasteiger partial charge in [-0.1, -0.05) is 62.4 Å². The normalized spacial score (nSPS) is 13.1. The first-order valence-corrected chi connectivity index (χ1v) is 9.39. The van der Waals surface area contributed by atoms with Gasteiger partial charge in [-0.25, -0.2) is 0 Å². The number of rotatable bonds is 8. The highest BCUT2D eigenvalue weighted by molar-refractivity contribution is 5.93. The number of anilines is 1. The summed E-state index contributed by atoms with van der Waals surface area (Å²) in [6.07, 6.45) is 2.68. The van der Waals surface area contributed by atoms with E-state index in [4.69, 9.17) is 4.42 Å². The fourth-order valence-electron chi connectivity index (χ4n) is 3.13. The van der Waals surface area contributed by atoms with E-state index in [2.05, 4.69) is 30.5 Å². The van der Waals surface area contributed by atoms with Crippen molar-refractivity contribution in [3.05, 3.63) is 89.9 Å². The summed E-state index contributed by atoms with van der Waals surface area (Å²) in [5.74, 6) is 1.11. The molecule has 0 bridgehead atoms. The summed E-state index contributed by atoms with van der Waals surface area (Å²) in [6, 6.07) is 21.6. The second-order valence-electron chi connectivity index (χ2n) is 6.68. The molecular weight excluding hydrogens is 336 g/mol. The minimum Gasteiger partial charge on any atom is -0.467 e. The highest BCUT2D eigenvalue weighted by Crippen LogP contribution is 2.26. The van der Waals surface area contributed by atoms with Crippen molar-refractivity contribution in [3.8, 4) is 0 Å². The molecular formula is C23H26N2O2. The predicted octanol–water partition coefficient (Wildman–Crippen LogP) is 5.11. The van der Waals surface area contributed by atoms with Gasteiger partial charge in [0.15, 0.2) is 0 Å². The van der Waals surface area contributed by atoms with Gasteiger partial charge in [0, 0.05) is 5.69 Å². The molecule has 4 nitrogen and oxygen atoms in total. The summed E-state index contributed by atoms with van der Waals surface area (Å²) in [5, 5.41) is 6.36. The number of hydrogen-bond donors (Lipinski definition) is 2. The van der Waals surface area contributed by atoms with Crippen LogP contribution in [0.3, 0.4) is 0 Å². The van der Waals surface area contributed by atoms with Gasteiger partial charge < -0.3 is 9.73 Å². The van der Waals surface area contributed by atoms with Crippen molar-refractivity contribution in [1.29, 1.82) is 0 Å². The van der Waals surface area contributed by atoms with Crippen LogP contribution in [0, 0.1) is 0 Å². The van der Waals surface area contributed by atoms with E-state index in [0.717, 1.165) is 23.4 Å². The second-order valence-corrected chi connectivity index (χ2v) is 6.68. The largest absolute Gasteiger partial charge is 0.467 e. The molecule has 0 aliphatic heterocycles. The fourth-order valence-corrected chi connectivity index (χ4v) is 3.13. The molecule has 2 N–H and O–H groups in total. The number of nitrogens with one attached hydrogen (secondary N) is 2. The van der Waals surface area contributed by atoms with Gasteiger partial charge in [0.1, 0.15) is 5.76 Å². The van der Waals surface area contributed by atoms with E-state index in [1.54, 1.807) is 6.26 Å². The molecule has 4 heteroatoms. The molecule has 2 atom stereocenters. The molecule has 1 aromatic heterocycles. The Morgan fingerprint density at radius 1 is 1.00 bits per heavy atom. The van der Waals surface area contributed by atoms with Crippen LogP contribution in [0.25, 0.3) is 0 Å². The van der Waals surface area contributed by atoms with Gasteiger partial charge in [0.2, 0.25) is 5.91 Å². The van der Waals surface area contributed by atoms with Gasteiger partial charge >= 0.3 is 0 Å². The van der Waals surface area contributed by atoms with Crippen LogP contribution >= 0.6 is 0 Å². The van der Waals surface area contributed by atoms with Crippen LogP contribution in [0.5, 0.6) is 0 Å². The number of carbonyl (C=O) groups excluding carboxylic acids is 1. The Morgan fingerprint density at radius 2 is 1.74 bits per heavy atom. The summed E-state index contributed by atoms with van der Waals surface area (Å²) >= 11 is 0. The van der Waals surface area contributed by atoms with E-state index in [1.807, 2.05) is 60.7 Å². The van der Waals surface area contributed by atoms with Gasteiger partial charge in [0.25, 0.3) is 0 Å². The highest BCUT2D eigenvalue weighted by atomic mass is 16.3. The molecule has 0 aliphatic carbocycles. The van der Waals surface area contributed by atoms with Gasteiger partial charge in [-0.2, -0.15) is 0 Å². The monoisotopic (exact) mass is 362 g/mol. The Balaban J connectivity index is 1.69. The number of carbonyl (C=O) groups is 1. The molecule has 0 radical (unpaired) electrons. The third-order valence-electron chi connectivity index (χ3n) is 4.81. The van der Waals surface area contributed by atoms with Crippen LogP contribution in [0.1, 0.15) is 49.1 Å². The number of para-hydroxylation sites is 1. The van der Waals surface area contributed by atoms with Crippen molar-refractivity contribution in [2.24, 2.45) is 0 Å². The number of furan rings is 1. The quantitative estimate of drug-likeness (QED) is 0.585. The standard InChI is InChI=1S/C23H26N2O2/c1-3-17(2)19-12-7-8-13-20(19)25-22(26)16-24-23(21-14-9-15-27-21)18-10-5-4-6-11-18/h4-15,17,23-24H,3,16H2,1-2H3,(H,25,26)/t17-,23+/m0/s1. The molecule has 2 aromatic carbocycles. The SMILES string of the molecule is CC[C@H](C)c1ccccc1NC(=O)CN[C@H](c1ccccc1)c1ccco1. The molecule has 3 rings (SSSR count). The van der Waals surface area contributed by atoms with E-state index >= 15 is 0 Å². The van der Waals surface area contributed by atoms with Gasteiger partial charge in [-0.15, -0.1) is 0 Å². The van der Waals surface area contributed by atoms with Gasteiger partial charge in [0.05, 0.1) is 18.8 Å². The van der Waals surface area contributed by atoms with E-state index in [0.29, 0.717) is 5.92 Å². The Bertz CT molecular complexity index is 844. The third-order valence-corrected chi connectivity index (χ3v) is 4.81.